The van der Waals surface area contributed by atoms with Crippen LogP contribution in [0.4, 0.5) is 0 Å². The van der Waals surface area contributed by atoms with Gasteiger partial charge in [-0.05, 0) is 65.6 Å². The fraction of sp³-hybridized carbons (Fsp3) is 0.500. The van der Waals surface area contributed by atoms with E-state index in [9.17, 15) is 4.79 Å². The molecule has 1 saturated carbocycles. The zero-order valence-corrected chi connectivity index (χ0v) is 14.8. The molecule has 0 unspecified atom stereocenters. The van der Waals surface area contributed by atoms with Crippen LogP contribution < -0.4 is 5.32 Å². The van der Waals surface area contributed by atoms with Gasteiger partial charge in [0.25, 0.3) is 0 Å². The van der Waals surface area contributed by atoms with Crippen LogP contribution in [0.2, 0.25) is 0 Å². The van der Waals surface area contributed by atoms with Crippen LogP contribution in [0, 0.1) is 26.7 Å². The van der Waals surface area contributed by atoms with Gasteiger partial charge in [-0.2, -0.15) is 5.26 Å². The highest BCUT2D eigenvalue weighted by Gasteiger charge is 2.30. The predicted molar refractivity (Wildman–Crippen MR) is 94.0 cm³/mol. The van der Waals surface area contributed by atoms with Gasteiger partial charge in [-0.25, -0.2) is 0 Å². The Bertz CT molecular complexity index is 512. The molecule has 1 fully saturated rings. The van der Waals surface area contributed by atoms with Crippen LogP contribution in [0.15, 0.2) is 29.2 Å². The van der Waals surface area contributed by atoms with E-state index in [0.717, 1.165) is 25.0 Å². The lowest BCUT2D eigenvalue weighted by Gasteiger charge is -2.30. The lowest BCUT2D eigenvalue weighted by molar-refractivity contribution is -0.127. The molecule has 0 saturated heterocycles. The highest BCUT2D eigenvalue weighted by Crippen LogP contribution is 2.34. The number of rotatable bonds is 5. The Kier molecular flexibility index (Phi) is 6.84. The van der Waals surface area contributed by atoms with Gasteiger partial charge in [0.2, 0.25) is 5.91 Å². The Labute approximate surface area is 144 Å². The number of nitriles is 1. The molecule has 2 rings (SSSR count). The number of hydrogen-bond donors (Lipinski definition) is 1. The first kappa shape index (κ1) is 16.6. The molecule has 0 bridgehead atoms. The van der Waals surface area contributed by atoms with Gasteiger partial charge in [-0.3, -0.25) is 4.79 Å². The summed E-state index contributed by atoms with van der Waals surface area (Å²) in [5, 5.41) is 11.3. The normalized spacial score (nSPS) is 21.5. The minimum Gasteiger partial charge on any atom is -0.343 e. The summed E-state index contributed by atoms with van der Waals surface area (Å²) in [6, 6.07) is 10.5. The van der Waals surface area contributed by atoms with E-state index in [2.05, 4.69) is 52.2 Å². The first-order valence-electron chi connectivity index (χ1n) is 7.23. The molecule has 0 radical (unpaired) electrons. The summed E-state index contributed by atoms with van der Waals surface area (Å²) in [4.78, 5) is 13.4. The number of thioether (sulfide) groups is 1. The minimum atomic E-state index is 0.0597. The van der Waals surface area contributed by atoms with Crippen LogP contribution in [-0.2, 0) is 4.79 Å². The molecule has 1 N–H and O–H groups in total. The third-order valence-corrected chi connectivity index (χ3v) is 5.78. The molecule has 5 heteroatoms. The average molecular weight is 414 g/mol. The SMILES string of the molecule is N#CCNC(=O)[C@H]1CCCC[C@@H]1CSc1ccc(I)cc1. The lowest BCUT2D eigenvalue weighted by atomic mass is 9.80. The monoisotopic (exact) mass is 414 g/mol. The van der Waals surface area contributed by atoms with E-state index < -0.39 is 0 Å². The van der Waals surface area contributed by atoms with Crippen LogP contribution >= 0.6 is 34.4 Å². The van der Waals surface area contributed by atoms with E-state index in [1.54, 1.807) is 0 Å². The Hall–Kier alpha value is -0.740. The second-order valence-electron chi connectivity index (χ2n) is 5.29. The van der Waals surface area contributed by atoms with E-state index in [4.69, 9.17) is 5.26 Å². The summed E-state index contributed by atoms with van der Waals surface area (Å²) < 4.78 is 1.24. The zero-order valence-electron chi connectivity index (χ0n) is 11.8. The van der Waals surface area contributed by atoms with Gasteiger partial charge < -0.3 is 5.32 Å². The maximum absolute atomic E-state index is 12.2. The lowest BCUT2D eigenvalue weighted by Crippen LogP contribution is -2.37. The van der Waals surface area contributed by atoms with Gasteiger partial charge in [-0.1, -0.05) is 12.8 Å². The van der Waals surface area contributed by atoms with Gasteiger partial charge in [0.15, 0.2) is 0 Å². The fourth-order valence-electron chi connectivity index (χ4n) is 2.74. The molecule has 0 aliphatic heterocycles. The van der Waals surface area contributed by atoms with E-state index in [0.29, 0.717) is 5.92 Å². The van der Waals surface area contributed by atoms with Gasteiger partial charge in [0, 0.05) is 20.1 Å². The average Bonchev–Trinajstić information content (AvgIpc) is 2.52. The van der Waals surface area contributed by atoms with Gasteiger partial charge in [0.1, 0.15) is 6.54 Å². The second kappa shape index (κ2) is 8.64. The standard InChI is InChI=1S/C16H19IN2OS/c17-13-5-7-14(8-6-13)21-11-12-3-1-2-4-15(12)16(20)19-10-9-18/h5-8,12,15H,1-4,10-11H2,(H,19,20)/t12-,15+/m1/s1. The molecule has 0 aromatic heterocycles. The molecule has 1 aliphatic carbocycles. The number of carbonyl (C=O) groups excluding carboxylic acids is 1. The van der Waals surface area contributed by atoms with Gasteiger partial charge >= 0.3 is 0 Å². The third kappa shape index (κ3) is 5.19. The summed E-state index contributed by atoms with van der Waals surface area (Å²) >= 11 is 4.14. The van der Waals surface area contributed by atoms with Crippen LogP contribution in [-0.4, -0.2) is 18.2 Å². The van der Waals surface area contributed by atoms with Crippen LogP contribution in [0.1, 0.15) is 25.7 Å². The van der Waals surface area contributed by atoms with Crippen molar-refractivity contribution in [2.24, 2.45) is 11.8 Å². The molecule has 1 amide bonds. The summed E-state index contributed by atoms with van der Waals surface area (Å²) in [5.74, 6) is 1.53. The topological polar surface area (TPSA) is 52.9 Å². The van der Waals surface area contributed by atoms with Crippen molar-refractivity contribution in [2.75, 3.05) is 12.3 Å². The molecule has 3 nitrogen and oxygen atoms in total. The quantitative estimate of drug-likeness (QED) is 0.453. The van der Waals surface area contributed by atoms with Crippen LogP contribution in [0.5, 0.6) is 0 Å². The summed E-state index contributed by atoms with van der Waals surface area (Å²) in [6.45, 7) is 0.117. The van der Waals surface area contributed by atoms with Crippen molar-refractivity contribution in [3.8, 4) is 6.07 Å². The van der Waals surface area contributed by atoms with Gasteiger partial charge in [0.05, 0.1) is 6.07 Å². The van der Waals surface area contributed by atoms with Crippen molar-refractivity contribution in [3.63, 3.8) is 0 Å². The molecule has 0 heterocycles. The number of carbonyl (C=O) groups is 1. The molecule has 112 valence electrons. The van der Waals surface area contributed by atoms with Crippen LogP contribution in [0.3, 0.4) is 0 Å². The van der Waals surface area contributed by atoms with Crippen molar-refractivity contribution in [2.45, 2.75) is 30.6 Å². The van der Waals surface area contributed by atoms with Crippen molar-refractivity contribution >= 4 is 40.3 Å². The number of benzene rings is 1. The number of nitrogens with zero attached hydrogens (tertiary/aromatic N) is 1. The van der Waals surface area contributed by atoms with Crippen molar-refractivity contribution in [1.29, 1.82) is 5.26 Å². The molecular weight excluding hydrogens is 395 g/mol. The van der Waals surface area contributed by atoms with Crippen LogP contribution in [0.25, 0.3) is 0 Å². The Morgan fingerprint density at radius 2 is 2.05 bits per heavy atom. The highest BCUT2D eigenvalue weighted by atomic mass is 127. The summed E-state index contributed by atoms with van der Waals surface area (Å²) in [7, 11) is 0. The molecule has 2 atom stereocenters. The molecule has 1 aromatic rings. The van der Waals surface area contributed by atoms with E-state index in [1.807, 2.05) is 17.8 Å². The number of halogens is 1. The predicted octanol–water partition coefficient (Wildman–Crippen LogP) is 3.83. The van der Waals surface area contributed by atoms with E-state index in [-0.39, 0.29) is 18.4 Å². The van der Waals surface area contributed by atoms with Crippen molar-refractivity contribution in [3.05, 3.63) is 27.8 Å². The maximum atomic E-state index is 12.2. The maximum Gasteiger partial charge on any atom is 0.224 e. The largest absolute Gasteiger partial charge is 0.343 e. The molecular formula is C16H19IN2OS. The fourth-order valence-corrected chi connectivity index (χ4v) is 4.24. The Morgan fingerprint density at radius 1 is 1.33 bits per heavy atom. The first-order valence-corrected chi connectivity index (χ1v) is 9.30. The second-order valence-corrected chi connectivity index (χ2v) is 7.63. The Balaban J connectivity index is 1.91. The number of amides is 1. The zero-order chi connectivity index (χ0) is 15.1. The smallest absolute Gasteiger partial charge is 0.224 e. The molecule has 0 spiro atoms. The molecule has 21 heavy (non-hydrogen) atoms. The minimum absolute atomic E-state index is 0.0597. The van der Waals surface area contributed by atoms with Crippen molar-refractivity contribution in [1.82, 2.24) is 5.32 Å². The van der Waals surface area contributed by atoms with E-state index >= 15 is 0 Å². The third-order valence-electron chi connectivity index (χ3n) is 3.87. The van der Waals surface area contributed by atoms with Crippen molar-refractivity contribution < 1.29 is 4.79 Å². The molecule has 1 aliphatic rings. The number of nitrogens with one attached hydrogen (secondary N) is 1. The van der Waals surface area contributed by atoms with Gasteiger partial charge in [-0.15, -0.1) is 11.8 Å². The molecule has 1 aromatic carbocycles. The highest BCUT2D eigenvalue weighted by molar-refractivity contribution is 14.1. The van der Waals surface area contributed by atoms with E-state index in [1.165, 1.54) is 14.9 Å². The Morgan fingerprint density at radius 3 is 2.76 bits per heavy atom. The first-order chi connectivity index (χ1) is 10.2. The summed E-state index contributed by atoms with van der Waals surface area (Å²) in [6.07, 6.45) is 4.40. The number of hydrogen-bond acceptors (Lipinski definition) is 3. The summed E-state index contributed by atoms with van der Waals surface area (Å²) in [5.41, 5.74) is 0.